The van der Waals surface area contributed by atoms with Crippen molar-refractivity contribution in [2.75, 3.05) is 13.2 Å². The third-order valence-electron chi connectivity index (χ3n) is 8.09. The van der Waals surface area contributed by atoms with Crippen LogP contribution in [0.3, 0.4) is 0 Å². The lowest BCUT2D eigenvalue weighted by atomic mass is 9.93. The van der Waals surface area contributed by atoms with Gasteiger partial charge in [0.05, 0.1) is 35.9 Å². The van der Waals surface area contributed by atoms with Crippen LogP contribution < -0.4 is 0 Å². The predicted molar refractivity (Wildman–Crippen MR) is 156 cm³/mol. The summed E-state index contributed by atoms with van der Waals surface area (Å²) in [4.78, 5) is 0. The Balaban J connectivity index is 1.69. The molecule has 0 radical (unpaired) electrons. The first-order valence-electron chi connectivity index (χ1n) is 15.5. The molecule has 2 saturated heterocycles. The quantitative estimate of drug-likeness (QED) is 0.0631. The van der Waals surface area contributed by atoms with E-state index in [1.165, 1.54) is 116 Å². The topological polar surface area (TPSA) is 34.3 Å². The summed E-state index contributed by atoms with van der Waals surface area (Å²) in [5.74, 6) is 1.41. The summed E-state index contributed by atoms with van der Waals surface area (Å²) in [6.07, 6.45) is 25.3. The summed E-state index contributed by atoms with van der Waals surface area (Å²) < 4.78 is 17.9. The summed E-state index contributed by atoms with van der Waals surface area (Å²) in [7, 11) is 0. The van der Waals surface area contributed by atoms with Gasteiger partial charge in [0.15, 0.2) is 0 Å². The van der Waals surface area contributed by atoms with Gasteiger partial charge >= 0.3 is 0 Å². The minimum Gasteiger partial charge on any atom is -0.372 e. The highest BCUT2D eigenvalue weighted by atomic mass is 32.2. The average Bonchev–Trinajstić information content (AvgIpc) is 3.78. The van der Waals surface area contributed by atoms with Crippen molar-refractivity contribution in [1.29, 1.82) is 0 Å². The fourth-order valence-corrected chi connectivity index (χ4v) is 7.86. The molecule has 6 atom stereocenters. The summed E-state index contributed by atoms with van der Waals surface area (Å²) >= 11 is 3.45. The Morgan fingerprint density at radius 1 is 0.571 bits per heavy atom. The van der Waals surface area contributed by atoms with E-state index in [0.29, 0.717) is 34.5 Å². The zero-order valence-corrected chi connectivity index (χ0v) is 25.3. The SMILES string of the molecule is CCCCCCCCCC(CC)C(SOSC(C(CC)CCCCCCCCC)C1CO1)C1CO1. The monoisotopic (exact) mass is 530 g/mol. The predicted octanol–water partition coefficient (Wildman–Crippen LogP) is 10.2. The Labute approximate surface area is 227 Å². The van der Waals surface area contributed by atoms with Crippen molar-refractivity contribution < 1.29 is 13.1 Å². The van der Waals surface area contributed by atoms with Gasteiger partial charge in [-0.05, 0) is 24.7 Å². The number of rotatable bonds is 26. The lowest BCUT2D eigenvalue weighted by molar-refractivity contribution is 0.331. The van der Waals surface area contributed by atoms with Gasteiger partial charge in [-0.3, -0.25) is 0 Å². The molecule has 35 heavy (non-hydrogen) atoms. The van der Waals surface area contributed by atoms with Gasteiger partial charge in [-0.15, -0.1) is 0 Å². The number of hydrogen-bond acceptors (Lipinski definition) is 5. The largest absolute Gasteiger partial charge is 0.372 e. The Kier molecular flexibility index (Phi) is 18.7. The van der Waals surface area contributed by atoms with Gasteiger partial charge in [0, 0.05) is 24.1 Å². The molecular weight excluding hydrogens is 472 g/mol. The standard InChI is InChI=1S/C30H58O3S2/c1-5-9-11-13-15-17-19-21-25(7-3)29(27-23-31-27)34-33-35-30(28-24-32-28)26(8-4)22-20-18-16-14-12-10-6-2/h25-30H,5-24H2,1-4H3. The zero-order valence-electron chi connectivity index (χ0n) is 23.6. The van der Waals surface area contributed by atoms with Crippen LogP contribution in [0.2, 0.25) is 0 Å². The van der Waals surface area contributed by atoms with Gasteiger partial charge in [0.1, 0.15) is 0 Å². The van der Waals surface area contributed by atoms with Crippen LogP contribution in [-0.2, 0) is 13.1 Å². The minimum absolute atomic E-state index is 0.403. The smallest absolute Gasteiger partial charge is 0.0953 e. The molecule has 2 aliphatic rings. The van der Waals surface area contributed by atoms with Crippen LogP contribution >= 0.6 is 24.1 Å². The summed E-state index contributed by atoms with van der Waals surface area (Å²) in [6, 6.07) is 0. The van der Waals surface area contributed by atoms with Crippen LogP contribution in [0.15, 0.2) is 0 Å². The number of epoxide rings is 2. The van der Waals surface area contributed by atoms with Crippen molar-refractivity contribution in [2.24, 2.45) is 11.8 Å². The van der Waals surface area contributed by atoms with E-state index in [0.717, 1.165) is 13.2 Å². The molecule has 2 heterocycles. The molecule has 2 fully saturated rings. The van der Waals surface area contributed by atoms with Crippen molar-refractivity contribution in [1.82, 2.24) is 0 Å². The van der Waals surface area contributed by atoms with Crippen LogP contribution in [0.4, 0.5) is 0 Å². The zero-order chi connectivity index (χ0) is 25.1. The molecule has 0 amide bonds. The maximum absolute atomic E-state index is 6.34. The van der Waals surface area contributed by atoms with Crippen LogP contribution in [0.1, 0.15) is 143 Å². The first kappa shape index (κ1) is 31.8. The van der Waals surface area contributed by atoms with Crippen molar-refractivity contribution in [3.63, 3.8) is 0 Å². The first-order chi connectivity index (χ1) is 17.2. The highest BCUT2D eigenvalue weighted by Gasteiger charge is 2.41. The van der Waals surface area contributed by atoms with Crippen molar-refractivity contribution in [3.8, 4) is 0 Å². The molecule has 0 bridgehead atoms. The molecular formula is C30H58O3S2. The molecule has 5 heteroatoms. The number of hydrogen-bond donors (Lipinski definition) is 0. The number of ether oxygens (including phenoxy) is 2. The van der Waals surface area contributed by atoms with Crippen LogP contribution in [0.25, 0.3) is 0 Å². The molecule has 208 valence electrons. The van der Waals surface area contributed by atoms with Crippen molar-refractivity contribution >= 4 is 24.1 Å². The molecule has 2 aliphatic heterocycles. The molecule has 0 spiro atoms. The second kappa shape index (κ2) is 20.5. The van der Waals surface area contributed by atoms with E-state index in [9.17, 15) is 0 Å². The van der Waals surface area contributed by atoms with E-state index >= 15 is 0 Å². The fraction of sp³-hybridized carbons (Fsp3) is 1.00. The van der Waals surface area contributed by atoms with E-state index in [-0.39, 0.29) is 0 Å². The van der Waals surface area contributed by atoms with E-state index in [1.807, 2.05) is 0 Å². The fourth-order valence-electron chi connectivity index (χ4n) is 5.42. The Morgan fingerprint density at radius 3 is 1.23 bits per heavy atom. The Morgan fingerprint density at radius 2 is 0.914 bits per heavy atom. The first-order valence-corrected chi connectivity index (χ1v) is 17.1. The molecule has 0 saturated carbocycles. The normalized spacial score (nSPS) is 22.6. The van der Waals surface area contributed by atoms with Gasteiger partial charge < -0.3 is 9.47 Å². The molecule has 3 nitrogen and oxygen atoms in total. The second-order valence-corrected chi connectivity index (χ2v) is 13.1. The molecule has 0 aromatic heterocycles. The van der Waals surface area contributed by atoms with Crippen LogP contribution in [0.5, 0.6) is 0 Å². The summed E-state index contributed by atoms with van der Waals surface area (Å²) in [5.41, 5.74) is 0. The minimum atomic E-state index is 0.403. The van der Waals surface area contributed by atoms with Gasteiger partial charge in [0.25, 0.3) is 0 Å². The van der Waals surface area contributed by atoms with Crippen LogP contribution in [0, 0.1) is 11.8 Å². The molecule has 0 aromatic carbocycles. The second-order valence-electron chi connectivity index (χ2n) is 11.1. The lowest BCUT2D eigenvalue weighted by Gasteiger charge is -2.26. The van der Waals surface area contributed by atoms with E-state index in [4.69, 9.17) is 13.1 Å². The van der Waals surface area contributed by atoms with Gasteiger partial charge in [-0.25, -0.2) is 3.63 Å². The van der Waals surface area contributed by atoms with E-state index in [1.54, 1.807) is 24.1 Å². The third kappa shape index (κ3) is 14.3. The van der Waals surface area contributed by atoms with E-state index in [2.05, 4.69) is 27.7 Å². The van der Waals surface area contributed by atoms with Gasteiger partial charge in [0.2, 0.25) is 0 Å². The molecule has 0 aliphatic carbocycles. The maximum atomic E-state index is 6.34. The summed E-state index contributed by atoms with van der Waals surface area (Å²) in [5, 5.41) is 0.966. The van der Waals surface area contributed by atoms with Crippen LogP contribution in [-0.4, -0.2) is 35.9 Å². The van der Waals surface area contributed by atoms with Crippen molar-refractivity contribution in [2.45, 2.75) is 166 Å². The Hall–Kier alpha value is 0.580. The molecule has 0 N–H and O–H groups in total. The highest BCUT2D eigenvalue weighted by molar-refractivity contribution is 8.08. The van der Waals surface area contributed by atoms with Gasteiger partial charge in [-0.1, -0.05) is 130 Å². The molecule has 0 aromatic rings. The molecule has 6 unspecified atom stereocenters. The van der Waals surface area contributed by atoms with E-state index < -0.39 is 0 Å². The average molecular weight is 531 g/mol. The van der Waals surface area contributed by atoms with Gasteiger partial charge in [-0.2, -0.15) is 0 Å². The molecule has 2 rings (SSSR count). The lowest BCUT2D eigenvalue weighted by Crippen LogP contribution is -2.25. The maximum Gasteiger partial charge on any atom is 0.0953 e. The third-order valence-corrected chi connectivity index (χ3v) is 10.5. The Bertz CT molecular complexity index is 442. The number of unbranched alkanes of at least 4 members (excludes halogenated alkanes) is 12. The highest BCUT2D eigenvalue weighted by Crippen LogP contribution is 2.42. The van der Waals surface area contributed by atoms with Crippen molar-refractivity contribution in [3.05, 3.63) is 0 Å². The summed E-state index contributed by atoms with van der Waals surface area (Å²) in [6.45, 7) is 11.1.